The van der Waals surface area contributed by atoms with Crippen molar-refractivity contribution in [3.05, 3.63) is 77.9 Å². The van der Waals surface area contributed by atoms with Crippen LogP contribution in [0.1, 0.15) is 42.7 Å². The first-order valence-electron chi connectivity index (χ1n) is 13.6. The number of aliphatic hydroxyl groups excluding tert-OH is 1. The molecule has 218 valence electrons. The van der Waals surface area contributed by atoms with Gasteiger partial charge in [0, 0.05) is 56.3 Å². The number of likely N-dealkylation sites (N-methyl/N-ethyl adjacent to an activating group) is 1. The zero-order valence-corrected chi connectivity index (χ0v) is 24.2. The van der Waals surface area contributed by atoms with Crippen LogP contribution in [0.3, 0.4) is 0 Å². The molecule has 1 aromatic heterocycles. The summed E-state index contributed by atoms with van der Waals surface area (Å²) in [5, 5.41) is 8.48. The van der Waals surface area contributed by atoms with Gasteiger partial charge in [-0.25, -0.2) is 32.5 Å². The minimum absolute atomic E-state index is 0.0981. The van der Waals surface area contributed by atoms with E-state index in [1.54, 1.807) is 56.6 Å². The number of aromatic nitrogens is 2. The van der Waals surface area contributed by atoms with Crippen molar-refractivity contribution in [3.63, 3.8) is 0 Å². The van der Waals surface area contributed by atoms with E-state index < -0.39 is 32.7 Å². The summed E-state index contributed by atoms with van der Waals surface area (Å²) >= 11 is 0. The third-order valence-corrected chi connectivity index (χ3v) is 9.36. The molecule has 0 saturated carbocycles. The van der Waals surface area contributed by atoms with E-state index in [0.29, 0.717) is 11.5 Å². The first-order chi connectivity index (χ1) is 19.6. The summed E-state index contributed by atoms with van der Waals surface area (Å²) in [7, 11) is -1.88. The second kappa shape index (κ2) is 11.7. The Morgan fingerprint density at radius 1 is 1.07 bits per heavy atom. The van der Waals surface area contributed by atoms with Crippen molar-refractivity contribution in [2.24, 2.45) is 4.99 Å². The van der Waals surface area contributed by atoms with E-state index in [-0.39, 0.29) is 24.6 Å². The van der Waals surface area contributed by atoms with Crippen molar-refractivity contribution in [2.75, 3.05) is 44.7 Å². The fraction of sp³-hybridized carbons (Fsp3) is 0.414. The fourth-order valence-corrected chi connectivity index (χ4v) is 7.07. The van der Waals surface area contributed by atoms with Gasteiger partial charge in [-0.2, -0.15) is 0 Å². The second-order valence-electron chi connectivity index (χ2n) is 10.9. The van der Waals surface area contributed by atoms with E-state index in [1.807, 2.05) is 12.1 Å². The molecule has 2 N–H and O–H groups in total. The Bertz CT molecular complexity index is 1490. The molecule has 3 aromatic rings. The zero-order chi connectivity index (χ0) is 29.2. The van der Waals surface area contributed by atoms with Gasteiger partial charge in [-0.05, 0) is 44.5 Å². The highest BCUT2D eigenvalue weighted by atomic mass is 32.2. The predicted molar refractivity (Wildman–Crippen MR) is 155 cm³/mol. The predicted octanol–water partition coefficient (Wildman–Crippen LogP) is 3.28. The lowest BCUT2D eigenvalue weighted by Crippen LogP contribution is -2.53. The van der Waals surface area contributed by atoms with E-state index in [1.165, 1.54) is 6.07 Å². The maximum Gasteiger partial charge on any atom is 0.299 e. The molecule has 3 heterocycles. The molecule has 12 heteroatoms. The smallest absolute Gasteiger partial charge is 0.299 e. The number of anilines is 1. The Balaban J connectivity index is 1.34. The van der Waals surface area contributed by atoms with Crippen LogP contribution in [-0.4, -0.2) is 79.8 Å². The minimum Gasteiger partial charge on any atom is -0.457 e. The van der Waals surface area contributed by atoms with Gasteiger partial charge in [0.1, 0.15) is 16.7 Å². The van der Waals surface area contributed by atoms with Crippen molar-refractivity contribution in [1.29, 1.82) is 0 Å². The maximum atomic E-state index is 14.4. The van der Waals surface area contributed by atoms with Crippen LogP contribution in [0.5, 0.6) is 0 Å². The largest absolute Gasteiger partial charge is 0.457 e. The molecule has 2 fully saturated rings. The lowest BCUT2D eigenvalue weighted by Gasteiger charge is -2.39. The van der Waals surface area contributed by atoms with Crippen molar-refractivity contribution in [2.45, 2.75) is 37.2 Å². The van der Waals surface area contributed by atoms with E-state index >= 15 is 0 Å². The normalized spacial score (nSPS) is 22.1. The van der Waals surface area contributed by atoms with Gasteiger partial charge < -0.3 is 19.6 Å². The molecule has 2 aliphatic rings. The van der Waals surface area contributed by atoms with Crippen LogP contribution in [0.15, 0.2) is 65.9 Å². The fourth-order valence-electron chi connectivity index (χ4n) is 5.30. The van der Waals surface area contributed by atoms with Crippen molar-refractivity contribution in [3.8, 4) is 11.1 Å². The Labute approximate surface area is 240 Å². The first kappa shape index (κ1) is 28.9. The third kappa shape index (κ3) is 6.34. The van der Waals surface area contributed by atoms with Crippen LogP contribution in [0.25, 0.3) is 11.1 Å². The number of aliphatic hydroxyl groups is 1. The molecule has 0 radical (unpaired) electrons. The number of sulfonamides is 1. The van der Waals surface area contributed by atoms with Gasteiger partial charge in [0.15, 0.2) is 0 Å². The molecule has 0 amide bonds. The molecule has 2 aromatic carbocycles. The summed E-state index contributed by atoms with van der Waals surface area (Å²) in [6.45, 7) is 6.78. The molecular weight excluding hydrogens is 547 g/mol. The number of nitrogens with zero attached hydrogens (tertiary/aromatic N) is 5. The highest BCUT2D eigenvalue weighted by Crippen LogP contribution is 2.39. The number of aliphatic imine (C=N–C) groups is 1. The summed E-state index contributed by atoms with van der Waals surface area (Å²) < 4.78 is 49.9. The quantitative estimate of drug-likeness (QED) is 0.436. The number of rotatable bonds is 7. The van der Waals surface area contributed by atoms with Gasteiger partial charge in [-0.3, -0.25) is 0 Å². The van der Waals surface area contributed by atoms with Gasteiger partial charge in [0.25, 0.3) is 6.02 Å². The van der Waals surface area contributed by atoms with Gasteiger partial charge in [0.05, 0.1) is 6.04 Å². The van der Waals surface area contributed by atoms with E-state index in [2.05, 4.69) is 36.5 Å². The molecule has 0 bridgehead atoms. The maximum absolute atomic E-state index is 14.4. The monoisotopic (exact) mass is 582 g/mol. The Hall–Kier alpha value is -3.61. The van der Waals surface area contributed by atoms with Gasteiger partial charge in [-0.15, -0.1) is 0 Å². The first-order valence-corrected chi connectivity index (χ1v) is 15.1. The van der Waals surface area contributed by atoms with E-state index in [9.17, 15) is 17.9 Å². The summed E-state index contributed by atoms with van der Waals surface area (Å²) in [6.07, 6.45) is 3.66. The van der Waals surface area contributed by atoms with Gasteiger partial charge >= 0.3 is 0 Å². The van der Waals surface area contributed by atoms with E-state index in [4.69, 9.17) is 4.74 Å². The second-order valence-corrected chi connectivity index (χ2v) is 12.7. The molecule has 2 unspecified atom stereocenters. The Morgan fingerprint density at radius 3 is 2.34 bits per heavy atom. The highest BCUT2D eigenvalue weighted by Gasteiger charge is 2.48. The molecule has 41 heavy (non-hydrogen) atoms. The summed E-state index contributed by atoms with van der Waals surface area (Å²) in [5.41, 5.74) is 1.27. The average Bonchev–Trinajstić information content (AvgIpc) is 2.93. The SMILES string of the molecule is CN1CCN(c2ncc(-c3ccc(C4C(C)(C)OC(=NC(CCO)c5ccccc5F)NS4(=O)=O)cc3)cn2)CC1. The number of hydrogen-bond donors (Lipinski definition) is 2. The number of amidine groups is 1. The highest BCUT2D eigenvalue weighted by molar-refractivity contribution is 7.90. The Morgan fingerprint density at radius 2 is 1.73 bits per heavy atom. The van der Waals surface area contributed by atoms with Crippen LogP contribution < -0.4 is 9.62 Å². The molecule has 10 nitrogen and oxygen atoms in total. The molecule has 2 atom stereocenters. The standard InChI is InChI=1S/C29H35FN6O4S/c1-29(2)26(41(38,39)34-28(40-29)33-25(12-17-37)23-6-4-5-7-24(23)30)21-10-8-20(9-11-21)22-18-31-27(32-19-22)36-15-13-35(3)14-16-36/h4-11,18-19,25-26,37H,12-17H2,1-3H3,(H,33,34). The summed E-state index contributed by atoms with van der Waals surface area (Å²) in [4.78, 5) is 17.9. The van der Waals surface area contributed by atoms with Crippen molar-refractivity contribution >= 4 is 22.0 Å². The van der Waals surface area contributed by atoms with Gasteiger partial charge in [0.2, 0.25) is 16.0 Å². The number of halogens is 1. The summed E-state index contributed by atoms with van der Waals surface area (Å²) in [5.74, 6) is 0.205. The Kier molecular flexibility index (Phi) is 8.25. The molecule has 5 rings (SSSR count). The van der Waals surface area contributed by atoms with Crippen LogP contribution in [0.4, 0.5) is 10.3 Å². The molecule has 0 aliphatic carbocycles. The van der Waals surface area contributed by atoms with Crippen LogP contribution in [0, 0.1) is 5.82 Å². The molecule has 2 saturated heterocycles. The number of nitrogens with one attached hydrogen (secondary N) is 1. The topological polar surface area (TPSA) is 120 Å². The number of benzene rings is 2. The van der Waals surface area contributed by atoms with Crippen LogP contribution in [-0.2, 0) is 14.8 Å². The zero-order valence-electron chi connectivity index (χ0n) is 23.4. The molecule has 0 spiro atoms. The molecular formula is C29H35FN6O4S. The van der Waals surface area contributed by atoms with E-state index in [0.717, 1.165) is 37.3 Å². The number of ether oxygens (including phenoxy) is 1. The number of piperazine rings is 1. The van der Waals surface area contributed by atoms with Crippen molar-refractivity contribution < 1.29 is 22.7 Å². The third-order valence-electron chi connectivity index (χ3n) is 7.44. The van der Waals surface area contributed by atoms with Gasteiger partial charge in [-0.1, -0.05) is 42.5 Å². The van der Waals surface area contributed by atoms with Crippen molar-refractivity contribution in [1.82, 2.24) is 19.6 Å². The van der Waals surface area contributed by atoms with Crippen LogP contribution in [0.2, 0.25) is 0 Å². The minimum atomic E-state index is -3.98. The van der Waals surface area contributed by atoms with Crippen LogP contribution >= 0.6 is 0 Å². The lowest BCUT2D eigenvalue weighted by molar-refractivity contribution is 0.0758. The number of hydrogen-bond acceptors (Lipinski definition) is 9. The average molecular weight is 583 g/mol. The lowest BCUT2D eigenvalue weighted by atomic mass is 9.96. The molecule has 2 aliphatic heterocycles. The summed E-state index contributed by atoms with van der Waals surface area (Å²) in [6, 6.07) is 12.2.